The first-order valence-corrected chi connectivity index (χ1v) is 14.9. The summed E-state index contributed by atoms with van der Waals surface area (Å²) in [5.74, 6) is -2.04. The summed E-state index contributed by atoms with van der Waals surface area (Å²) in [6.07, 6.45) is -4.06. The monoisotopic (exact) mass is 641 g/mol. The van der Waals surface area contributed by atoms with Crippen molar-refractivity contribution in [2.24, 2.45) is 5.92 Å². The largest absolute Gasteiger partial charge is 0.481 e. The van der Waals surface area contributed by atoms with E-state index < -0.39 is 47.7 Å². The first-order chi connectivity index (χ1) is 21.6. The average molecular weight is 642 g/mol. The Balaban J connectivity index is 1.81. The number of aryl methyl sites for hydroxylation is 2. The molecule has 0 bridgehead atoms. The smallest absolute Gasteiger partial charge is 0.416 e. The minimum Gasteiger partial charge on any atom is -0.481 e. The van der Waals surface area contributed by atoms with E-state index in [4.69, 9.17) is 4.63 Å². The SMILES string of the molecule is Cc1cccc(C)c1-c1cc(C(CC(=O)O)NC(=O)C(CC(C)C)n2cc(CCN(C)C)c(C(F)(F)F)cc2=O)cc2nonc12. The first-order valence-electron chi connectivity index (χ1n) is 14.9. The number of rotatable bonds is 12. The van der Waals surface area contributed by atoms with Crippen LogP contribution in [-0.2, 0) is 22.2 Å². The van der Waals surface area contributed by atoms with Crippen molar-refractivity contribution in [3.63, 3.8) is 0 Å². The van der Waals surface area contributed by atoms with Gasteiger partial charge in [-0.15, -0.1) is 0 Å². The lowest BCUT2D eigenvalue weighted by Crippen LogP contribution is -2.40. The number of halogens is 3. The number of fused-ring (bicyclic) bond motifs is 1. The molecular weight excluding hydrogens is 603 g/mol. The van der Waals surface area contributed by atoms with Crippen molar-refractivity contribution >= 4 is 22.9 Å². The molecule has 0 saturated heterocycles. The highest BCUT2D eigenvalue weighted by molar-refractivity contribution is 5.94. The summed E-state index contributed by atoms with van der Waals surface area (Å²) in [4.78, 5) is 40.9. The fourth-order valence-corrected chi connectivity index (χ4v) is 5.67. The molecule has 10 nitrogen and oxygen atoms in total. The van der Waals surface area contributed by atoms with Crippen LogP contribution >= 0.6 is 0 Å². The summed E-state index contributed by atoms with van der Waals surface area (Å²) in [5, 5.41) is 20.7. The van der Waals surface area contributed by atoms with Crippen LogP contribution in [0.2, 0.25) is 0 Å². The summed E-state index contributed by atoms with van der Waals surface area (Å²) in [7, 11) is 3.44. The van der Waals surface area contributed by atoms with Gasteiger partial charge in [0.1, 0.15) is 17.1 Å². The highest BCUT2D eigenvalue weighted by atomic mass is 19.4. The molecule has 46 heavy (non-hydrogen) atoms. The number of aromatic nitrogens is 3. The number of carboxylic acid groups (broad SMARTS) is 1. The standard InChI is InChI=1S/C33H38F3N5O5/c1-18(2)12-27(41-17-21(10-11-40(5)6)24(15-28(41)42)33(34,35)36)32(45)37-25(16-29(43)44)22-13-23(31-26(14-22)38-46-39-31)30-19(3)8-7-9-20(30)4/h7-9,13-15,17-18,25,27H,10-12,16H2,1-6H3,(H,37,45)(H,43,44). The van der Waals surface area contributed by atoms with E-state index in [0.717, 1.165) is 27.5 Å². The van der Waals surface area contributed by atoms with Crippen LogP contribution in [0.4, 0.5) is 13.2 Å². The highest BCUT2D eigenvalue weighted by Gasteiger charge is 2.36. The Morgan fingerprint density at radius 1 is 1.09 bits per heavy atom. The molecule has 0 spiro atoms. The third-order valence-electron chi connectivity index (χ3n) is 7.86. The number of amides is 1. The van der Waals surface area contributed by atoms with Crippen molar-refractivity contribution in [3.8, 4) is 11.1 Å². The van der Waals surface area contributed by atoms with Crippen molar-refractivity contribution in [3.05, 3.63) is 80.8 Å². The summed E-state index contributed by atoms with van der Waals surface area (Å²) in [6.45, 7) is 7.77. The molecule has 2 aromatic carbocycles. The van der Waals surface area contributed by atoms with Gasteiger partial charge in [-0.1, -0.05) is 32.0 Å². The molecule has 246 valence electrons. The molecule has 4 aromatic rings. The maximum atomic E-state index is 14.0. The van der Waals surface area contributed by atoms with Gasteiger partial charge in [0.25, 0.3) is 5.56 Å². The van der Waals surface area contributed by atoms with Crippen LogP contribution < -0.4 is 10.9 Å². The number of hydrogen-bond acceptors (Lipinski definition) is 7. The Bertz CT molecular complexity index is 1770. The Morgan fingerprint density at radius 3 is 2.35 bits per heavy atom. The van der Waals surface area contributed by atoms with E-state index in [1.54, 1.807) is 31.1 Å². The molecule has 13 heteroatoms. The van der Waals surface area contributed by atoms with Crippen molar-refractivity contribution in [2.75, 3.05) is 20.6 Å². The number of pyridine rings is 1. The van der Waals surface area contributed by atoms with Gasteiger partial charge in [0.15, 0.2) is 0 Å². The van der Waals surface area contributed by atoms with Crippen LogP contribution in [0.1, 0.15) is 66.6 Å². The normalized spacial score (nSPS) is 13.4. The van der Waals surface area contributed by atoms with Crippen LogP contribution in [0.25, 0.3) is 22.2 Å². The number of carbonyl (C=O) groups excluding carboxylic acids is 1. The predicted octanol–water partition coefficient (Wildman–Crippen LogP) is 5.71. The number of hydrogen-bond donors (Lipinski definition) is 2. The molecule has 0 aliphatic rings. The average Bonchev–Trinajstić information content (AvgIpc) is 3.43. The number of aliphatic carboxylic acids is 1. The Hall–Kier alpha value is -4.52. The minimum atomic E-state index is -4.76. The van der Waals surface area contributed by atoms with Gasteiger partial charge >= 0.3 is 12.1 Å². The summed E-state index contributed by atoms with van der Waals surface area (Å²) in [6, 6.07) is 7.32. The lowest BCUT2D eigenvalue weighted by molar-refractivity contribution is -0.139. The number of benzene rings is 2. The van der Waals surface area contributed by atoms with E-state index in [-0.39, 0.29) is 30.9 Å². The van der Waals surface area contributed by atoms with Crippen LogP contribution in [0.5, 0.6) is 0 Å². The molecule has 0 aliphatic carbocycles. The maximum Gasteiger partial charge on any atom is 0.416 e. The van der Waals surface area contributed by atoms with E-state index in [0.29, 0.717) is 28.2 Å². The number of carboxylic acids is 1. The molecule has 1 amide bonds. The van der Waals surface area contributed by atoms with Crippen LogP contribution in [0.3, 0.4) is 0 Å². The highest BCUT2D eigenvalue weighted by Crippen LogP contribution is 2.36. The van der Waals surface area contributed by atoms with Crippen LogP contribution in [0, 0.1) is 19.8 Å². The quantitative estimate of drug-likeness (QED) is 0.201. The second kappa shape index (κ2) is 13.9. The molecule has 2 aromatic heterocycles. The van der Waals surface area contributed by atoms with Gasteiger partial charge in [-0.25, -0.2) is 4.63 Å². The van der Waals surface area contributed by atoms with Gasteiger partial charge in [-0.05, 0) is 97.0 Å². The summed E-state index contributed by atoms with van der Waals surface area (Å²) >= 11 is 0. The molecular formula is C33H38F3N5O5. The van der Waals surface area contributed by atoms with Gasteiger partial charge in [0, 0.05) is 24.4 Å². The van der Waals surface area contributed by atoms with Gasteiger partial charge in [-0.3, -0.25) is 14.4 Å². The van der Waals surface area contributed by atoms with E-state index in [2.05, 4.69) is 15.6 Å². The number of alkyl halides is 3. The number of likely N-dealkylation sites (N-methyl/N-ethyl adjacent to an activating group) is 1. The Kier molecular flexibility index (Phi) is 10.3. The third-order valence-corrected chi connectivity index (χ3v) is 7.86. The lowest BCUT2D eigenvalue weighted by atomic mass is 9.91. The van der Waals surface area contributed by atoms with Crippen molar-refractivity contribution in [2.45, 2.75) is 65.2 Å². The molecule has 4 rings (SSSR count). The number of carbonyl (C=O) groups is 2. The van der Waals surface area contributed by atoms with Gasteiger partial charge < -0.3 is 19.9 Å². The molecule has 2 heterocycles. The van der Waals surface area contributed by atoms with Gasteiger partial charge in [0.05, 0.1) is 18.0 Å². The lowest BCUT2D eigenvalue weighted by Gasteiger charge is -2.26. The fourth-order valence-electron chi connectivity index (χ4n) is 5.67. The Morgan fingerprint density at radius 2 is 1.76 bits per heavy atom. The maximum absolute atomic E-state index is 14.0. The molecule has 0 saturated carbocycles. The third kappa shape index (κ3) is 7.82. The summed E-state index contributed by atoms with van der Waals surface area (Å²) < 4.78 is 47.8. The Labute approximate surface area is 264 Å². The predicted molar refractivity (Wildman–Crippen MR) is 166 cm³/mol. The topological polar surface area (TPSA) is 131 Å². The van der Waals surface area contributed by atoms with E-state index >= 15 is 0 Å². The van der Waals surface area contributed by atoms with Crippen molar-refractivity contribution < 1.29 is 32.5 Å². The van der Waals surface area contributed by atoms with Crippen molar-refractivity contribution in [1.82, 2.24) is 25.1 Å². The number of nitrogens with one attached hydrogen (secondary N) is 1. The zero-order valence-corrected chi connectivity index (χ0v) is 26.6. The summed E-state index contributed by atoms with van der Waals surface area (Å²) in [5.41, 5.74) is 2.43. The second-order valence-electron chi connectivity index (χ2n) is 12.3. The van der Waals surface area contributed by atoms with Crippen LogP contribution in [-0.4, -0.2) is 57.4 Å². The van der Waals surface area contributed by atoms with E-state index in [9.17, 15) is 32.7 Å². The first kappa shape index (κ1) is 34.4. The van der Waals surface area contributed by atoms with E-state index in [1.165, 1.54) is 0 Å². The molecule has 2 N–H and O–H groups in total. The fraction of sp³-hybridized carbons (Fsp3) is 0.424. The minimum absolute atomic E-state index is 0.00732. The van der Waals surface area contributed by atoms with Gasteiger partial charge in [0.2, 0.25) is 5.91 Å². The zero-order chi connectivity index (χ0) is 33.9. The molecule has 2 unspecified atom stereocenters. The molecule has 0 fully saturated rings. The van der Waals surface area contributed by atoms with Crippen LogP contribution in [0.15, 0.2) is 52.0 Å². The van der Waals surface area contributed by atoms with Crippen molar-refractivity contribution in [1.29, 1.82) is 0 Å². The second-order valence-corrected chi connectivity index (χ2v) is 12.3. The van der Waals surface area contributed by atoms with Gasteiger partial charge in [-0.2, -0.15) is 13.2 Å². The molecule has 0 aliphatic heterocycles. The van der Waals surface area contributed by atoms with E-state index in [1.807, 2.05) is 45.9 Å². The zero-order valence-electron chi connectivity index (χ0n) is 26.6. The number of nitrogens with zero attached hydrogens (tertiary/aromatic N) is 4. The molecule has 0 radical (unpaired) electrons. The molecule has 2 atom stereocenters.